The summed E-state index contributed by atoms with van der Waals surface area (Å²) in [4.78, 5) is 8.95. The van der Waals surface area contributed by atoms with Crippen LogP contribution in [-0.4, -0.2) is 15.1 Å². The number of aromatic nitrogens is 2. The third kappa shape index (κ3) is 3.15. The number of anilines is 1. The molecule has 2 N–H and O–H groups in total. The highest BCUT2D eigenvalue weighted by molar-refractivity contribution is 5.39. The molecule has 1 aliphatic carbocycles. The Hall–Kier alpha value is -2.10. The van der Waals surface area contributed by atoms with Gasteiger partial charge in [0.25, 0.3) is 0 Å². The first-order chi connectivity index (χ1) is 10.2. The molecular formula is C17H21N3O. The Labute approximate surface area is 125 Å². The second-order valence-corrected chi connectivity index (χ2v) is 5.71. The molecular weight excluding hydrogens is 262 g/mol. The summed E-state index contributed by atoms with van der Waals surface area (Å²) in [7, 11) is 0. The summed E-state index contributed by atoms with van der Waals surface area (Å²) >= 11 is 0. The highest BCUT2D eigenvalue weighted by atomic mass is 16.3. The predicted octanol–water partition coefficient (Wildman–Crippen LogP) is 4.01. The van der Waals surface area contributed by atoms with Crippen molar-refractivity contribution in [1.82, 2.24) is 9.97 Å². The zero-order valence-electron chi connectivity index (χ0n) is 12.3. The predicted molar refractivity (Wildman–Crippen MR) is 83.4 cm³/mol. The van der Waals surface area contributed by atoms with Gasteiger partial charge in [-0.15, -0.1) is 0 Å². The van der Waals surface area contributed by atoms with Gasteiger partial charge in [0.2, 0.25) is 5.95 Å². The van der Waals surface area contributed by atoms with Crippen molar-refractivity contribution in [2.24, 2.45) is 0 Å². The monoisotopic (exact) mass is 283 g/mol. The number of nitrogens with one attached hydrogen (secondary N) is 1. The van der Waals surface area contributed by atoms with Gasteiger partial charge >= 0.3 is 0 Å². The molecule has 110 valence electrons. The molecule has 4 heteroatoms. The lowest BCUT2D eigenvalue weighted by Crippen LogP contribution is -2.11. The number of nitrogens with zero attached hydrogens (tertiary/aromatic N) is 2. The summed E-state index contributed by atoms with van der Waals surface area (Å²) in [5, 5.41) is 13.2. The molecule has 2 aromatic rings. The smallest absolute Gasteiger partial charge is 0.223 e. The van der Waals surface area contributed by atoms with E-state index in [1.54, 1.807) is 6.07 Å². The Morgan fingerprint density at radius 2 is 1.95 bits per heavy atom. The van der Waals surface area contributed by atoms with E-state index in [4.69, 9.17) is 0 Å². The lowest BCUT2D eigenvalue weighted by Gasteiger charge is -2.16. The highest BCUT2D eigenvalue weighted by Crippen LogP contribution is 2.33. The van der Waals surface area contributed by atoms with Crippen LogP contribution in [0.4, 0.5) is 5.95 Å². The summed E-state index contributed by atoms with van der Waals surface area (Å²) in [5.41, 5.74) is 1.99. The summed E-state index contributed by atoms with van der Waals surface area (Å²) in [6.45, 7) is 2.00. The Morgan fingerprint density at radius 3 is 2.71 bits per heavy atom. The Bertz CT molecular complexity index is 608. The van der Waals surface area contributed by atoms with Crippen molar-refractivity contribution in [2.45, 2.75) is 44.6 Å². The van der Waals surface area contributed by atoms with Crippen molar-refractivity contribution in [2.75, 3.05) is 5.32 Å². The SMILES string of the molecule is C[C@@H](Nc1nccc(C2CCCC2)n1)c1ccccc1O. The Balaban J connectivity index is 1.75. The second-order valence-electron chi connectivity index (χ2n) is 5.71. The molecule has 1 aliphatic rings. The number of phenols is 1. The van der Waals surface area contributed by atoms with E-state index in [1.165, 1.54) is 25.7 Å². The zero-order valence-corrected chi connectivity index (χ0v) is 12.3. The van der Waals surface area contributed by atoms with E-state index in [2.05, 4.69) is 15.3 Å². The number of para-hydroxylation sites is 1. The van der Waals surface area contributed by atoms with E-state index >= 15 is 0 Å². The molecule has 0 unspecified atom stereocenters. The maximum atomic E-state index is 9.91. The van der Waals surface area contributed by atoms with Crippen LogP contribution >= 0.6 is 0 Å². The molecule has 0 saturated heterocycles. The minimum absolute atomic E-state index is 0.0370. The van der Waals surface area contributed by atoms with Gasteiger partial charge in [0.05, 0.1) is 6.04 Å². The molecule has 0 amide bonds. The van der Waals surface area contributed by atoms with E-state index in [9.17, 15) is 5.11 Å². The van der Waals surface area contributed by atoms with Crippen molar-refractivity contribution >= 4 is 5.95 Å². The quantitative estimate of drug-likeness (QED) is 0.890. The van der Waals surface area contributed by atoms with Crippen LogP contribution in [0.2, 0.25) is 0 Å². The maximum Gasteiger partial charge on any atom is 0.223 e. The molecule has 0 radical (unpaired) electrons. The molecule has 21 heavy (non-hydrogen) atoms. The van der Waals surface area contributed by atoms with E-state index < -0.39 is 0 Å². The summed E-state index contributed by atoms with van der Waals surface area (Å²) < 4.78 is 0. The number of hydrogen-bond donors (Lipinski definition) is 2. The largest absolute Gasteiger partial charge is 0.508 e. The van der Waals surface area contributed by atoms with E-state index in [0.717, 1.165) is 11.3 Å². The van der Waals surface area contributed by atoms with Gasteiger partial charge < -0.3 is 10.4 Å². The van der Waals surface area contributed by atoms with Crippen LogP contribution in [-0.2, 0) is 0 Å². The molecule has 1 aromatic heterocycles. The highest BCUT2D eigenvalue weighted by Gasteiger charge is 2.19. The first-order valence-corrected chi connectivity index (χ1v) is 7.61. The molecule has 1 heterocycles. The van der Waals surface area contributed by atoms with E-state index in [-0.39, 0.29) is 6.04 Å². The summed E-state index contributed by atoms with van der Waals surface area (Å²) in [6.07, 6.45) is 6.87. The molecule has 1 aromatic carbocycles. The minimum atomic E-state index is -0.0370. The summed E-state index contributed by atoms with van der Waals surface area (Å²) in [5.74, 6) is 1.51. The van der Waals surface area contributed by atoms with Crippen LogP contribution < -0.4 is 5.32 Å². The van der Waals surface area contributed by atoms with E-state index in [1.807, 2.05) is 37.4 Å². The summed E-state index contributed by atoms with van der Waals surface area (Å²) in [6, 6.07) is 9.33. The molecule has 4 nitrogen and oxygen atoms in total. The van der Waals surface area contributed by atoms with Crippen LogP contribution in [0.1, 0.15) is 55.8 Å². The van der Waals surface area contributed by atoms with Crippen molar-refractivity contribution < 1.29 is 5.11 Å². The second kappa shape index (κ2) is 6.12. The van der Waals surface area contributed by atoms with Crippen LogP contribution in [0.15, 0.2) is 36.5 Å². The third-order valence-corrected chi connectivity index (χ3v) is 4.20. The van der Waals surface area contributed by atoms with Crippen molar-refractivity contribution in [3.63, 3.8) is 0 Å². The third-order valence-electron chi connectivity index (χ3n) is 4.20. The number of aromatic hydroxyl groups is 1. The van der Waals surface area contributed by atoms with Crippen LogP contribution in [0.5, 0.6) is 5.75 Å². The van der Waals surface area contributed by atoms with Gasteiger partial charge in [0.15, 0.2) is 0 Å². The fourth-order valence-corrected chi connectivity index (χ4v) is 3.02. The molecule has 0 bridgehead atoms. The lowest BCUT2D eigenvalue weighted by molar-refractivity contribution is 0.465. The van der Waals surface area contributed by atoms with Gasteiger partial charge in [-0.1, -0.05) is 31.0 Å². The Kier molecular flexibility index (Phi) is 4.04. The zero-order chi connectivity index (χ0) is 14.7. The Morgan fingerprint density at radius 1 is 1.19 bits per heavy atom. The molecule has 1 fully saturated rings. The first-order valence-electron chi connectivity index (χ1n) is 7.61. The molecule has 1 saturated carbocycles. The average Bonchev–Trinajstić information content (AvgIpc) is 3.02. The van der Waals surface area contributed by atoms with Crippen molar-refractivity contribution in [3.8, 4) is 5.75 Å². The van der Waals surface area contributed by atoms with Gasteiger partial charge in [0.1, 0.15) is 5.75 Å². The standard InChI is InChI=1S/C17H21N3O/c1-12(14-8-4-5-9-16(14)21)19-17-18-11-10-15(20-17)13-6-2-3-7-13/h4-5,8-13,21H,2-3,6-7H2,1H3,(H,18,19,20)/t12-/m1/s1. The average molecular weight is 283 g/mol. The number of phenolic OH excluding ortho intramolecular Hbond substituents is 1. The van der Waals surface area contributed by atoms with Crippen LogP contribution in [0, 0.1) is 0 Å². The van der Waals surface area contributed by atoms with Gasteiger partial charge in [0, 0.05) is 23.4 Å². The number of hydrogen-bond acceptors (Lipinski definition) is 4. The minimum Gasteiger partial charge on any atom is -0.508 e. The normalized spacial score (nSPS) is 16.8. The van der Waals surface area contributed by atoms with Crippen molar-refractivity contribution in [3.05, 3.63) is 47.8 Å². The number of rotatable bonds is 4. The van der Waals surface area contributed by atoms with Crippen molar-refractivity contribution in [1.29, 1.82) is 0 Å². The maximum absolute atomic E-state index is 9.91. The topological polar surface area (TPSA) is 58.0 Å². The first kappa shape index (κ1) is 13.9. The number of benzene rings is 1. The lowest BCUT2D eigenvalue weighted by atomic mass is 10.0. The van der Waals surface area contributed by atoms with Crippen LogP contribution in [0.25, 0.3) is 0 Å². The fourth-order valence-electron chi connectivity index (χ4n) is 3.02. The molecule has 3 rings (SSSR count). The van der Waals surface area contributed by atoms with Gasteiger partial charge in [-0.2, -0.15) is 0 Å². The molecule has 0 aliphatic heterocycles. The van der Waals surface area contributed by atoms with Gasteiger partial charge in [-0.3, -0.25) is 0 Å². The fraction of sp³-hybridized carbons (Fsp3) is 0.412. The van der Waals surface area contributed by atoms with Gasteiger partial charge in [-0.05, 0) is 31.9 Å². The van der Waals surface area contributed by atoms with E-state index in [0.29, 0.717) is 17.6 Å². The molecule has 1 atom stereocenters. The van der Waals surface area contributed by atoms with Gasteiger partial charge in [-0.25, -0.2) is 9.97 Å². The van der Waals surface area contributed by atoms with Crippen LogP contribution in [0.3, 0.4) is 0 Å². The molecule has 0 spiro atoms.